The van der Waals surface area contributed by atoms with Crippen LogP contribution in [0.2, 0.25) is 0 Å². The normalized spacial score (nSPS) is 12.4. The van der Waals surface area contributed by atoms with Crippen molar-refractivity contribution in [2.75, 3.05) is 0 Å². The SMILES string of the molecule is CCCCCCC(C/C=C\CCCCCCCC(=O)[O-])OS(=O)(=O)[O-].[K+].[K+]. The molecule has 0 fully saturated rings. The van der Waals surface area contributed by atoms with E-state index in [0.717, 1.165) is 57.8 Å². The van der Waals surface area contributed by atoms with Crippen LogP contribution in [-0.2, 0) is 19.4 Å². The van der Waals surface area contributed by atoms with Gasteiger partial charge in [0.1, 0.15) is 0 Å². The first-order valence-corrected chi connectivity index (χ1v) is 10.7. The Morgan fingerprint density at radius 2 is 1.56 bits per heavy atom. The van der Waals surface area contributed by atoms with Gasteiger partial charge in [-0.2, -0.15) is 0 Å². The maximum Gasteiger partial charge on any atom is 1.00 e. The summed E-state index contributed by atoms with van der Waals surface area (Å²) < 4.78 is 37.0. The molecule has 1 atom stereocenters. The summed E-state index contributed by atoms with van der Waals surface area (Å²) in [4.78, 5) is 10.3. The summed E-state index contributed by atoms with van der Waals surface area (Å²) in [7, 11) is -4.66. The van der Waals surface area contributed by atoms with Gasteiger partial charge in [-0.05, 0) is 38.5 Å². The van der Waals surface area contributed by atoms with Crippen LogP contribution in [0, 0.1) is 0 Å². The van der Waals surface area contributed by atoms with Gasteiger partial charge in [-0.1, -0.05) is 64.0 Å². The summed E-state index contributed by atoms with van der Waals surface area (Å²) in [5.74, 6) is -0.991. The monoisotopic (exact) mass is 454 g/mol. The van der Waals surface area contributed by atoms with Gasteiger partial charge in [-0.15, -0.1) is 0 Å². The van der Waals surface area contributed by atoms with E-state index in [2.05, 4.69) is 11.1 Å². The van der Waals surface area contributed by atoms with Crippen LogP contribution in [0.3, 0.4) is 0 Å². The van der Waals surface area contributed by atoms with Crippen LogP contribution in [0.1, 0.15) is 90.4 Å². The molecule has 148 valence electrons. The molecule has 0 aromatic carbocycles. The minimum Gasteiger partial charge on any atom is -0.726 e. The van der Waals surface area contributed by atoms with Gasteiger partial charge in [0.25, 0.3) is 0 Å². The third-order valence-electron chi connectivity index (χ3n) is 3.95. The molecule has 27 heavy (non-hydrogen) atoms. The van der Waals surface area contributed by atoms with Crippen LogP contribution >= 0.6 is 0 Å². The van der Waals surface area contributed by atoms with Crippen molar-refractivity contribution in [2.45, 2.75) is 96.5 Å². The Morgan fingerprint density at radius 1 is 0.963 bits per heavy atom. The summed E-state index contributed by atoms with van der Waals surface area (Å²) in [5.41, 5.74) is 0. The number of rotatable bonds is 17. The molecule has 0 heterocycles. The zero-order valence-electron chi connectivity index (χ0n) is 17.3. The smallest absolute Gasteiger partial charge is 0.726 e. The van der Waals surface area contributed by atoms with Gasteiger partial charge in [-0.3, -0.25) is 4.18 Å². The molecule has 0 aliphatic rings. The van der Waals surface area contributed by atoms with E-state index in [1.807, 2.05) is 12.2 Å². The number of unbranched alkanes of at least 4 members (excludes halogenated alkanes) is 8. The number of carboxylic acid groups (broad SMARTS) is 1. The second kappa shape index (κ2) is 23.0. The van der Waals surface area contributed by atoms with Crippen LogP contribution < -0.4 is 108 Å². The van der Waals surface area contributed by atoms with Crippen molar-refractivity contribution in [2.24, 2.45) is 0 Å². The minimum absolute atomic E-state index is 0. The molecule has 0 aliphatic heterocycles. The van der Waals surface area contributed by atoms with Gasteiger partial charge in [0.05, 0.1) is 6.10 Å². The largest absolute Gasteiger partial charge is 1.00 e. The molecular formula is C18H32K2O6S. The van der Waals surface area contributed by atoms with Crippen molar-refractivity contribution in [3.05, 3.63) is 12.2 Å². The Kier molecular flexibility index (Phi) is 29.0. The van der Waals surface area contributed by atoms with Gasteiger partial charge in [0.2, 0.25) is 10.4 Å². The summed E-state index contributed by atoms with van der Waals surface area (Å²) >= 11 is 0. The second-order valence-corrected chi connectivity index (χ2v) is 7.37. The van der Waals surface area contributed by atoms with E-state index in [-0.39, 0.29) is 109 Å². The fourth-order valence-electron chi connectivity index (χ4n) is 2.60. The van der Waals surface area contributed by atoms with Crippen molar-refractivity contribution in [3.8, 4) is 0 Å². The second-order valence-electron chi connectivity index (χ2n) is 6.36. The van der Waals surface area contributed by atoms with Crippen LogP contribution in [0.5, 0.6) is 0 Å². The average molecular weight is 455 g/mol. The predicted octanol–water partition coefficient (Wildman–Crippen LogP) is -2.76. The molecule has 9 heteroatoms. The number of allylic oxidation sites excluding steroid dienone is 1. The Labute approximate surface area is 250 Å². The molecule has 0 radical (unpaired) electrons. The first-order chi connectivity index (χ1) is 11.8. The third kappa shape index (κ3) is 28.4. The van der Waals surface area contributed by atoms with E-state index in [4.69, 9.17) is 0 Å². The van der Waals surface area contributed by atoms with E-state index in [1.54, 1.807) is 0 Å². The Hall–Kier alpha value is 2.35. The zero-order valence-corrected chi connectivity index (χ0v) is 24.3. The molecule has 0 spiro atoms. The fourth-order valence-corrected chi connectivity index (χ4v) is 3.11. The number of carbonyl (C=O) groups excluding carboxylic acids is 1. The van der Waals surface area contributed by atoms with Crippen molar-refractivity contribution in [3.63, 3.8) is 0 Å². The van der Waals surface area contributed by atoms with Crippen molar-refractivity contribution < 1.29 is 130 Å². The van der Waals surface area contributed by atoms with Gasteiger partial charge in [0.15, 0.2) is 0 Å². The van der Waals surface area contributed by atoms with Gasteiger partial charge in [-0.25, -0.2) is 8.42 Å². The molecule has 0 rings (SSSR count). The van der Waals surface area contributed by atoms with Crippen LogP contribution in [0.25, 0.3) is 0 Å². The predicted molar refractivity (Wildman–Crippen MR) is 94.4 cm³/mol. The number of carboxylic acids is 1. The van der Waals surface area contributed by atoms with Crippen molar-refractivity contribution in [1.29, 1.82) is 0 Å². The number of hydrogen-bond donors (Lipinski definition) is 0. The maximum absolute atomic E-state index is 10.8. The van der Waals surface area contributed by atoms with E-state index in [9.17, 15) is 22.9 Å². The molecular weight excluding hydrogens is 422 g/mol. The van der Waals surface area contributed by atoms with E-state index in [1.165, 1.54) is 0 Å². The summed E-state index contributed by atoms with van der Waals surface area (Å²) in [5, 5.41) is 10.3. The minimum atomic E-state index is -4.66. The van der Waals surface area contributed by atoms with Gasteiger partial charge in [0, 0.05) is 5.97 Å². The quantitative estimate of drug-likeness (QED) is 0.0775. The van der Waals surface area contributed by atoms with Crippen molar-refractivity contribution >= 4 is 16.4 Å². The first-order valence-electron chi connectivity index (χ1n) is 9.34. The summed E-state index contributed by atoms with van der Waals surface area (Å²) in [6.07, 6.45) is 14.0. The standard InChI is InChI=1S/C18H34O6S.2K/c1-2-3-4-11-14-17(24-25(21,22)23)15-12-9-7-5-6-8-10-13-16-18(19)20;;/h9,12,17H,2-8,10-11,13-16H2,1H3,(H,19,20)(H,21,22,23);;/q;2*+1/p-2/b12-9-;;. The van der Waals surface area contributed by atoms with E-state index >= 15 is 0 Å². The Balaban J connectivity index is -0.00000288. The molecule has 0 saturated heterocycles. The van der Waals surface area contributed by atoms with Crippen molar-refractivity contribution in [1.82, 2.24) is 0 Å². The van der Waals surface area contributed by atoms with Crippen LogP contribution in [-0.4, -0.2) is 25.0 Å². The van der Waals surface area contributed by atoms with Gasteiger partial charge >= 0.3 is 103 Å². The molecule has 0 aliphatic carbocycles. The molecule has 6 nitrogen and oxygen atoms in total. The maximum atomic E-state index is 10.8. The van der Waals surface area contributed by atoms with E-state index in [0.29, 0.717) is 19.3 Å². The molecule has 0 aromatic rings. The summed E-state index contributed by atoms with van der Waals surface area (Å²) in [6, 6.07) is 0. The third-order valence-corrected chi connectivity index (χ3v) is 4.46. The van der Waals surface area contributed by atoms with Crippen LogP contribution in [0.15, 0.2) is 12.2 Å². The molecule has 0 saturated carbocycles. The topological polar surface area (TPSA) is 107 Å². The fraction of sp³-hybridized carbons (Fsp3) is 0.833. The zero-order chi connectivity index (χ0) is 19.0. The molecule has 0 aromatic heterocycles. The first kappa shape index (κ1) is 34.0. The number of aliphatic carboxylic acids is 1. The average Bonchev–Trinajstić information content (AvgIpc) is 2.51. The van der Waals surface area contributed by atoms with Crippen LogP contribution in [0.4, 0.5) is 0 Å². The summed E-state index contributed by atoms with van der Waals surface area (Å²) in [6.45, 7) is 2.10. The Bertz CT molecular complexity index is 468. The number of carbonyl (C=O) groups is 1. The van der Waals surface area contributed by atoms with E-state index < -0.39 is 22.5 Å². The van der Waals surface area contributed by atoms with Gasteiger partial charge < -0.3 is 14.5 Å². The number of hydrogen-bond acceptors (Lipinski definition) is 6. The molecule has 0 bridgehead atoms. The molecule has 0 amide bonds. The Morgan fingerprint density at radius 3 is 2.15 bits per heavy atom. The molecule has 0 N–H and O–H groups in total. The molecule has 1 unspecified atom stereocenters.